The lowest BCUT2D eigenvalue weighted by Gasteiger charge is -2.24. The van der Waals surface area contributed by atoms with Gasteiger partial charge in [-0.3, -0.25) is 4.79 Å². The second-order valence-corrected chi connectivity index (χ2v) is 9.53. The van der Waals surface area contributed by atoms with E-state index in [4.69, 9.17) is 4.42 Å². The van der Waals surface area contributed by atoms with Crippen LogP contribution in [0.25, 0.3) is 10.3 Å². The average molecular weight is 440 g/mol. The van der Waals surface area contributed by atoms with Crippen LogP contribution in [-0.2, 0) is 10.0 Å². The Bertz CT molecular complexity index is 1420. The van der Waals surface area contributed by atoms with Crippen LogP contribution < -0.4 is 9.24 Å². The molecule has 0 N–H and O–H groups in total. The number of amides is 1. The molecule has 0 aliphatic carbocycles. The summed E-state index contributed by atoms with van der Waals surface area (Å²) in [5.41, 5.74) is 2.15. The average Bonchev–Trinajstić information content (AvgIpc) is 3.07. The predicted octanol–water partition coefficient (Wildman–Crippen LogP) is 4.51. The van der Waals surface area contributed by atoms with Gasteiger partial charge < -0.3 is 4.42 Å². The fraction of sp³-hybridized carbons (Fsp3) is 0.0909. The van der Waals surface area contributed by atoms with Gasteiger partial charge >= 0.3 is 4.94 Å². The molecule has 6 nitrogen and oxygen atoms in total. The van der Waals surface area contributed by atoms with Gasteiger partial charge in [-0.15, -0.1) is 0 Å². The van der Waals surface area contributed by atoms with Gasteiger partial charge in [0.05, 0.1) is 15.3 Å². The molecule has 0 bridgehead atoms. The molecule has 0 radical (unpaired) electrons. The number of rotatable bonds is 4. The van der Waals surface area contributed by atoms with Crippen LogP contribution in [0.1, 0.15) is 21.5 Å². The van der Waals surface area contributed by atoms with E-state index in [0.717, 1.165) is 21.2 Å². The second kappa shape index (κ2) is 7.55. The summed E-state index contributed by atoms with van der Waals surface area (Å²) in [5.74, 6) is -0.689. The number of benzene rings is 3. The van der Waals surface area contributed by atoms with Crippen LogP contribution in [0.15, 0.2) is 80.8 Å². The number of aryl methyl sites for hydroxylation is 2. The molecule has 0 unspecified atom stereocenters. The lowest BCUT2D eigenvalue weighted by atomic mass is 10.2. The summed E-state index contributed by atoms with van der Waals surface area (Å²) in [5, 5.41) is 0. The van der Waals surface area contributed by atoms with Gasteiger partial charge in [0, 0.05) is 5.56 Å². The highest BCUT2D eigenvalue weighted by molar-refractivity contribution is 7.93. The molecule has 4 aromatic rings. The van der Waals surface area contributed by atoms with Crippen molar-refractivity contribution in [1.82, 2.24) is 0 Å². The van der Waals surface area contributed by atoms with Gasteiger partial charge in [-0.1, -0.05) is 47.2 Å². The largest absolute Gasteiger partial charge is 0.414 e. The van der Waals surface area contributed by atoms with Gasteiger partial charge in [-0.2, -0.15) is 4.31 Å². The third-order valence-electron chi connectivity index (χ3n) is 4.60. The van der Waals surface area contributed by atoms with Gasteiger partial charge in [0.1, 0.15) is 5.58 Å². The van der Waals surface area contributed by atoms with Crippen molar-refractivity contribution in [2.75, 3.05) is 4.31 Å². The summed E-state index contributed by atoms with van der Waals surface area (Å²) < 4.78 is 33.6. The third-order valence-corrected chi connectivity index (χ3v) is 7.26. The normalized spacial score (nSPS) is 11.5. The maximum atomic E-state index is 13.6. The molecule has 0 fully saturated rings. The molecule has 1 heterocycles. The molecular formula is C22H17NO5S2. The zero-order chi connectivity index (χ0) is 21.5. The van der Waals surface area contributed by atoms with Crippen molar-refractivity contribution in [1.29, 1.82) is 0 Å². The molecule has 1 amide bonds. The molecule has 0 saturated heterocycles. The van der Waals surface area contributed by atoms with Gasteiger partial charge in [0.25, 0.3) is 15.9 Å². The predicted molar refractivity (Wildman–Crippen MR) is 117 cm³/mol. The quantitative estimate of drug-likeness (QED) is 0.467. The molecule has 0 aliphatic rings. The van der Waals surface area contributed by atoms with E-state index in [-0.39, 0.29) is 16.1 Å². The number of nitrogens with zero attached hydrogens (tertiary/aromatic N) is 1. The molecule has 3 aromatic carbocycles. The van der Waals surface area contributed by atoms with Crippen molar-refractivity contribution < 1.29 is 17.6 Å². The van der Waals surface area contributed by atoms with E-state index in [9.17, 15) is 18.0 Å². The van der Waals surface area contributed by atoms with Crippen LogP contribution in [-0.4, -0.2) is 14.3 Å². The highest BCUT2D eigenvalue weighted by Crippen LogP contribution is 2.31. The first-order valence-electron chi connectivity index (χ1n) is 9.03. The minimum absolute atomic E-state index is 0.0397. The fourth-order valence-corrected chi connectivity index (χ4v) is 5.56. The molecule has 4 rings (SSSR count). The number of anilines is 1. The maximum Gasteiger partial charge on any atom is 0.396 e. The number of hydrogen-bond acceptors (Lipinski definition) is 6. The first-order valence-corrected chi connectivity index (χ1v) is 11.3. The number of fused-ring (bicyclic) bond motifs is 1. The Labute approximate surface area is 177 Å². The SMILES string of the molecule is Cc1ccc(S(=O)(=O)N(C(=O)c2ccccc2)c2ccc3oc(=O)sc3c2)c(C)c1. The number of carbonyl (C=O) groups excluding carboxylic acids is 1. The summed E-state index contributed by atoms with van der Waals surface area (Å²) >= 11 is 0.848. The van der Waals surface area contributed by atoms with Crippen molar-refractivity contribution >= 4 is 43.2 Å². The minimum atomic E-state index is -4.23. The fourth-order valence-electron chi connectivity index (χ4n) is 3.24. The summed E-state index contributed by atoms with van der Waals surface area (Å²) in [4.78, 5) is 24.5. The lowest BCUT2D eigenvalue weighted by Crippen LogP contribution is -2.37. The maximum absolute atomic E-state index is 13.6. The molecule has 1 aromatic heterocycles. The summed E-state index contributed by atoms with van der Waals surface area (Å²) in [6.45, 7) is 3.56. The standard InChI is InChI=1S/C22H17NO5S2/c1-14-8-11-20(15(2)12-14)30(26,27)23(21(24)16-6-4-3-5-7-16)17-9-10-18-19(13-17)29-22(25)28-18/h3-13H,1-2H3. The first kappa shape index (κ1) is 20.1. The Morgan fingerprint density at radius 3 is 2.40 bits per heavy atom. The smallest absolute Gasteiger partial charge is 0.396 e. The molecule has 0 saturated carbocycles. The minimum Gasteiger partial charge on any atom is -0.414 e. The van der Waals surface area contributed by atoms with E-state index in [0.29, 0.717) is 15.8 Å². The Balaban J connectivity index is 1.94. The molecular weight excluding hydrogens is 422 g/mol. The van der Waals surface area contributed by atoms with Crippen LogP contribution in [0.3, 0.4) is 0 Å². The van der Waals surface area contributed by atoms with Gasteiger partial charge in [-0.05, 0) is 55.8 Å². The second-order valence-electron chi connectivity index (χ2n) is 6.79. The van der Waals surface area contributed by atoms with E-state index in [1.54, 1.807) is 49.4 Å². The Kier molecular flexibility index (Phi) is 5.05. The molecule has 0 aliphatic heterocycles. The number of sulfonamides is 1. The van der Waals surface area contributed by atoms with E-state index < -0.39 is 20.9 Å². The van der Waals surface area contributed by atoms with E-state index >= 15 is 0 Å². The van der Waals surface area contributed by atoms with Crippen molar-refractivity contribution in [2.24, 2.45) is 0 Å². The van der Waals surface area contributed by atoms with Crippen LogP contribution in [0.4, 0.5) is 5.69 Å². The van der Waals surface area contributed by atoms with E-state index in [2.05, 4.69) is 0 Å². The Hall–Kier alpha value is -3.23. The first-order chi connectivity index (χ1) is 14.3. The van der Waals surface area contributed by atoms with Crippen LogP contribution in [0, 0.1) is 13.8 Å². The van der Waals surface area contributed by atoms with E-state index in [1.807, 2.05) is 6.92 Å². The molecule has 30 heavy (non-hydrogen) atoms. The van der Waals surface area contributed by atoms with Crippen molar-refractivity contribution in [3.8, 4) is 0 Å². The third kappa shape index (κ3) is 3.55. The van der Waals surface area contributed by atoms with E-state index in [1.165, 1.54) is 24.3 Å². The summed E-state index contributed by atoms with van der Waals surface area (Å²) in [7, 11) is -4.23. The highest BCUT2D eigenvalue weighted by atomic mass is 32.2. The number of hydrogen-bond donors (Lipinski definition) is 0. The lowest BCUT2D eigenvalue weighted by molar-refractivity contribution is 0.101. The molecule has 0 spiro atoms. The Morgan fingerprint density at radius 2 is 1.70 bits per heavy atom. The van der Waals surface area contributed by atoms with Crippen molar-refractivity contribution in [3.63, 3.8) is 0 Å². The van der Waals surface area contributed by atoms with Crippen LogP contribution in [0.5, 0.6) is 0 Å². The highest BCUT2D eigenvalue weighted by Gasteiger charge is 2.33. The van der Waals surface area contributed by atoms with Crippen molar-refractivity contribution in [3.05, 3.63) is 93.2 Å². The summed E-state index contributed by atoms with van der Waals surface area (Å²) in [6.07, 6.45) is 0. The van der Waals surface area contributed by atoms with Gasteiger partial charge in [-0.25, -0.2) is 13.2 Å². The van der Waals surface area contributed by atoms with Crippen LogP contribution in [0.2, 0.25) is 0 Å². The van der Waals surface area contributed by atoms with Crippen LogP contribution >= 0.6 is 11.3 Å². The molecule has 0 atom stereocenters. The topological polar surface area (TPSA) is 84.7 Å². The summed E-state index contributed by atoms with van der Waals surface area (Å²) in [6, 6.07) is 17.6. The molecule has 152 valence electrons. The van der Waals surface area contributed by atoms with Gasteiger partial charge in [0.15, 0.2) is 0 Å². The monoisotopic (exact) mass is 439 g/mol. The Morgan fingerprint density at radius 1 is 0.967 bits per heavy atom. The zero-order valence-corrected chi connectivity index (χ0v) is 17.8. The number of carbonyl (C=O) groups is 1. The zero-order valence-electron chi connectivity index (χ0n) is 16.2. The molecule has 8 heteroatoms. The van der Waals surface area contributed by atoms with Crippen molar-refractivity contribution in [2.45, 2.75) is 18.7 Å². The van der Waals surface area contributed by atoms with Gasteiger partial charge in [0.2, 0.25) is 0 Å².